The topological polar surface area (TPSA) is 50.1 Å². The zero-order chi connectivity index (χ0) is 18.0. The molecule has 0 bridgehead atoms. The van der Waals surface area contributed by atoms with E-state index in [9.17, 15) is 0 Å². The average Bonchev–Trinajstić information content (AvgIpc) is 2.53. The van der Waals surface area contributed by atoms with Crippen LogP contribution in [0.5, 0.6) is 0 Å². The van der Waals surface area contributed by atoms with Crippen molar-refractivity contribution in [1.82, 2.24) is 10.6 Å². The Morgan fingerprint density at radius 2 is 1.33 bits per heavy atom. The molecule has 24 heavy (non-hydrogen) atoms. The van der Waals surface area contributed by atoms with Gasteiger partial charge in [0.05, 0.1) is 0 Å². The molecule has 3 nitrogen and oxygen atoms in total. The van der Waals surface area contributed by atoms with Gasteiger partial charge in [-0.3, -0.25) is 0 Å². The maximum absolute atomic E-state index is 5.46. The van der Waals surface area contributed by atoms with E-state index in [0.717, 1.165) is 45.6 Å². The van der Waals surface area contributed by atoms with Gasteiger partial charge < -0.3 is 16.4 Å². The molecule has 0 aromatic carbocycles. The second-order valence-corrected chi connectivity index (χ2v) is 6.91. The Labute approximate surface area is 150 Å². The fourth-order valence-corrected chi connectivity index (χ4v) is 2.38. The lowest BCUT2D eigenvalue weighted by molar-refractivity contribution is 0.601. The average molecular weight is 336 g/mol. The summed E-state index contributed by atoms with van der Waals surface area (Å²) in [6.07, 6.45) is 14.0. The van der Waals surface area contributed by atoms with Crippen molar-refractivity contribution >= 4 is 0 Å². The third kappa shape index (κ3) is 17.5. The van der Waals surface area contributed by atoms with E-state index >= 15 is 0 Å². The summed E-state index contributed by atoms with van der Waals surface area (Å²) in [7, 11) is 0. The number of hydrogen-bond donors (Lipinski definition) is 3. The van der Waals surface area contributed by atoms with Crippen LogP contribution >= 0.6 is 0 Å². The smallest absolute Gasteiger partial charge is 0.0137 e. The lowest BCUT2D eigenvalue weighted by atomic mass is 10.1. The predicted octanol–water partition coefficient (Wildman–Crippen LogP) is 4.32. The van der Waals surface area contributed by atoms with Crippen LogP contribution in [-0.2, 0) is 0 Å². The molecular weight excluding hydrogens is 294 g/mol. The van der Waals surface area contributed by atoms with Crippen LogP contribution in [0.1, 0.15) is 66.2 Å². The summed E-state index contributed by atoms with van der Waals surface area (Å²) in [6.45, 7) is 13.8. The lowest BCUT2D eigenvalue weighted by Gasteiger charge is -2.05. The Morgan fingerprint density at radius 3 is 2.00 bits per heavy atom. The minimum Gasteiger partial charge on any atom is -0.330 e. The molecule has 140 valence electrons. The van der Waals surface area contributed by atoms with Crippen LogP contribution in [0.3, 0.4) is 0 Å². The van der Waals surface area contributed by atoms with Crippen molar-refractivity contribution in [3.8, 4) is 0 Å². The van der Waals surface area contributed by atoms with Crippen molar-refractivity contribution < 1.29 is 0 Å². The van der Waals surface area contributed by atoms with Gasteiger partial charge in [-0.1, -0.05) is 34.9 Å². The van der Waals surface area contributed by atoms with Crippen molar-refractivity contribution in [2.45, 2.75) is 66.2 Å². The van der Waals surface area contributed by atoms with Gasteiger partial charge in [-0.2, -0.15) is 0 Å². The molecule has 0 aliphatic heterocycles. The summed E-state index contributed by atoms with van der Waals surface area (Å²) < 4.78 is 0. The molecule has 0 aromatic heterocycles. The largest absolute Gasteiger partial charge is 0.330 e. The molecule has 0 radical (unpaired) electrons. The Balaban J connectivity index is 3.60. The molecule has 4 N–H and O–H groups in total. The highest BCUT2D eigenvalue weighted by Crippen LogP contribution is 2.11. The predicted molar refractivity (Wildman–Crippen MR) is 109 cm³/mol. The number of nitrogens with one attached hydrogen (secondary N) is 2. The van der Waals surface area contributed by atoms with Crippen LogP contribution in [0, 0.1) is 0 Å². The molecule has 0 amide bonds. The van der Waals surface area contributed by atoms with E-state index in [1.54, 1.807) is 0 Å². The monoisotopic (exact) mass is 335 g/mol. The first-order chi connectivity index (χ1) is 11.6. The van der Waals surface area contributed by atoms with Gasteiger partial charge in [-0.05, 0) is 92.4 Å². The van der Waals surface area contributed by atoms with Gasteiger partial charge in [-0.15, -0.1) is 0 Å². The molecule has 0 spiro atoms. The van der Waals surface area contributed by atoms with Crippen molar-refractivity contribution in [2.75, 3.05) is 32.7 Å². The first kappa shape index (κ1) is 23.1. The molecule has 0 aromatic rings. The molecule has 0 aliphatic carbocycles. The fraction of sp³-hybridized carbons (Fsp3) is 0.714. The van der Waals surface area contributed by atoms with Crippen LogP contribution in [0.15, 0.2) is 34.9 Å². The van der Waals surface area contributed by atoms with E-state index in [-0.39, 0.29) is 0 Å². The highest BCUT2D eigenvalue weighted by atomic mass is 14.9. The van der Waals surface area contributed by atoms with Gasteiger partial charge in [0.2, 0.25) is 0 Å². The molecular formula is C21H41N3. The maximum atomic E-state index is 5.46. The molecule has 0 fully saturated rings. The van der Waals surface area contributed by atoms with Crippen molar-refractivity contribution in [3.63, 3.8) is 0 Å². The minimum atomic E-state index is 0.777. The van der Waals surface area contributed by atoms with Crippen molar-refractivity contribution in [3.05, 3.63) is 34.9 Å². The van der Waals surface area contributed by atoms with Gasteiger partial charge in [-0.25, -0.2) is 0 Å². The van der Waals surface area contributed by atoms with E-state index in [0.29, 0.717) is 0 Å². The van der Waals surface area contributed by atoms with Crippen LogP contribution in [0.4, 0.5) is 0 Å². The molecule has 0 rings (SSSR count). The van der Waals surface area contributed by atoms with Crippen molar-refractivity contribution in [2.24, 2.45) is 5.73 Å². The van der Waals surface area contributed by atoms with Gasteiger partial charge in [0.15, 0.2) is 0 Å². The number of nitrogens with two attached hydrogens (primary N) is 1. The third-order valence-electron chi connectivity index (χ3n) is 3.98. The quantitative estimate of drug-likeness (QED) is 0.308. The van der Waals surface area contributed by atoms with Gasteiger partial charge in [0.25, 0.3) is 0 Å². The Kier molecular flexibility index (Phi) is 16.3. The normalized spacial score (nSPS) is 12.5. The Morgan fingerprint density at radius 1 is 0.750 bits per heavy atom. The van der Waals surface area contributed by atoms with Gasteiger partial charge >= 0.3 is 0 Å². The Hall–Kier alpha value is -0.900. The highest BCUT2D eigenvalue weighted by molar-refractivity contribution is 5.05. The van der Waals surface area contributed by atoms with Gasteiger partial charge in [0.1, 0.15) is 0 Å². The molecule has 0 heterocycles. The molecule has 0 unspecified atom stereocenters. The molecule has 0 saturated carbocycles. The Bertz CT molecular complexity index is 377. The zero-order valence-electron chi connectivity index (χ0n) is 16.6. The summed E-state index contributed by atoms with van der Waals surface area (Å²) in [5.74, 6) is 0. The van der Waals surface area contributed by atoms with E-state index in [4.69, 9.17) is 5.73 Å². The number of rotatable bonds is 15. The van der Waals surface area contributed by atoms with Gasteiger partial charge in [0, 0.05) is 6.54 Å². The lowest BCUT2D eigenvalue weighted by Crippen LogP contribution is -2.24. The summed E-state index contributed by atoms with van der Waals surface area (Å²) >= 11 is 0. The van der Waals surface area contributed by atoms with E-state index in [1.807, 2.05) is 0 Å². The second-order valence-electron chi connectivity index (χ2n) is 6.91. The fourth-order valence-electron chi connectivity index (χ4n) is 2.38. The molecule has 3 heteroatoms. The zero-order valence-corrected chi connectivity index (χ0v) is 16.6. The second kappa shape index (κ2) is 16.9. The standard InChI is InChI=1S/C21H41N3/c1-19(2)9-5-10-20(3)11-6-12-21(4)13-18-24-17-8-16-23-15-7-14-22/h9,11,13,23-24H,5-8,10,12,14-18,22H2,1-4H3/b20-11+,21-13+. The SMILES string of the molecule is CC(C)=CCC/C(C)=C/CC/C(C)=C/CNCCCNCCCN. The molecule has 0 saturated heterocycles. The van der Waals surface area contributed by atoms with Crippen LogP contribution in [-0.4, -0.2) is 32.7 Å². The van der Waals surface area contributed by atoms with Crippen LogP contribution in [0.25, 0.3) is 0 Å². The first-order valence-electron chi connectivity index (χ1n) is 9.62. The summed E-state index contributed by atoms with van der Waals surface area (Å²) in [5.41, 5.74) is 9.87. The number of allylic oxidation sites excluding steroid dienone is 5. The summed E-state index contributed by atoms with van der Waals surface area (Å²) in [6, 6.07) is 0. The van der Waals surface area contributed by atoms with Crippen molar-refractivity contribution in [1.29, 1.82) is 0 Å². The van der Waals surface area contributed by atoms with Crippen LogP contribution < -0.4 is 16.4 Å². The van der Waals surface area contributed by atoms with E-state index < -0.39 is 0 Å². The molecule has 0 atom stereocenters. The highest BCUT2D eigenvalue weighted by Gasteiger charge is 1.92. The minimum absolute atomic E-state index is 0.777. The maximum Gasteiger partial charge on any atom is 0.0137 e. The first-order valence-corrected chi connectivity index (χ1v) is 9.62. The van der Waals surface area contributed by atoms with Crippen LogP contribution in [0.2, 0.25) is 0 Å². The molecule has 0 aliphatic rings. The third-order valence-corrected chi connectivity index (χ3v) is 3.98. The number of hydrogen-bond acceptors (Lipinski definition) is 3. The van der Waals surface area contributed by atoms with E-state index in [2.05, 4.69) is 56.6 Å². The summed E-state index contributed by atoms with van der Waals surface area (Å²) in [4.78, 5) is 0. The van der Waals surface area contributed by atoms with E-state index in [1.165, 1.54) is 42.4 Å². The summed E-state index contributed by atoms with van der Waals surface area (Å²) in [5, 5.41) is 6.88.